The summed E-state index contributed by atoms with van der Waals surface area (Å²) in [5, 5.41) is 27.5. The van der Waals surface area contributed by atoms with E-state index in [0.29, 0.717) is 25.7 Å². The highest BCUT2D eigenvalue weighted by Gasteiger charge is 2.38. The lowest BCUT2D eigenvalue weighted by Gasteiger charge is -2.37. The van der Waals surface area contributed by atoms with Crippen LogP contribution in [0.25, 0.3) is 0 Å². The molecule has 0 saturated heterocycles. The molecular formula is C18H24O7. The van der Waals surface area contributed by atoms with Crippen molar-refractivity contribution in [2.75, 3.05) is 26.4 Å². The average molecular weight is 352 g/mol. The standard InChI is InChI=1S/C18H24O7/c19-9-10-24-16(22)14-1-3-15(4-2-14)17(23)25-18(12-21)7-5-13(11-20)6-8-18/h1-4,13,19-21H,5-12H2. The van der Waals surface area contributed by atoms with Crippen molar-refractivity contribution in [3.8, 4) is 0 Å². The van der Waals surface area contributed by atoms with Gasteiger partial charge in [0, 0.05) is 6.61 Å². The number of benzene rings is 1. The van der Waals surface area contributed by atoms with Gasteiger partial charge in [-0.2, -0.15) is 0 Å². The Balaban J connectivity index is 1.99. The number of carbonyl (C=O) groups excluding carboxylic acids is 2. The van der Waals surface area contributed by atoms with Crippen molar-refractivity contribution in [2.24, 2.45) is 5.92 Å². The predicted octanol–water partition coefficient (Wildman–Crippen LogP) is 0.906. The molecule has 7 heteroatoms. The van der Waals surface area contributed by atoms with E-state index >= 15 is 0 Å². The Bertz CT molecular complexity index is 574. The average Bonchev–Trinajstić information content (AvgIpc) is 2.66. The normalized spacial score (nSPS) is 23.1. The lowest BCUT2D eigenvalue weighted by Crippen LogP contribution is -2.43. The molecule has 0 radical (unpaired) electrons. The van der Waals surface area contributed by atoms with Crippen LogP contribution in [0.2, 0.25) is 0 Å². The first kappa shape index (κ1) is 19.4. The Hall–Kier alpha value is -1.96. The van der Waals surface area contributed by atoms with Crippen molar-refractivity contribution in [1.29, 1.82) is 0 Å². The smallest absolute Gasteiger partial charge is 0.338 e. The Morgan fingerprint density at radius 3 is 2.04 bits per heavy atom. The van der Waals surface area contributed by atoms with Gasteiger partial charge >= 0.3 is 11.9 Å². The fraction of sp³-hybridized carbons (Fsp3) is 0.556. The molecule has 7 nitrogen and oxygen atoms in total. The molecule has 138 valence electrons. The van der Waals surface area contributed by atoms with Crippen LogP contribution in [-0.2, 0) is 9.47 Å². The number of aliphatic hydroxyl groups is 3. The van der Waals surface area contributed by atoms with Gasteiger partial charge in [-0.05, 0) is 55.9 Å². The third-order valence-corrected chi connectivity index (χ3v) is 4.55. The zero-order valence-corrected chi connectivity index (χ0v) is 14.0. The summed E-state index contributed by atoms with van der Waals surface area (Å²) in [6.45, 7) is -0.501. The first-order valence-corrected chi connectivity index (χ1v) is 8.36. The Morgan fingerprint density at radius 1 is 1.00 bits per heavy atom. The van der Waals surface area contributed by atoms with Gasteiger partial charge in [0.05, 0.1) is 24.3 Å². The molecule has 1 fully saturated rings. The van der Waals surface area contributed by atoms with Crippen LogP contribution in [0, 0.1) is 5.92 Å². The molecule has 0 spiro atoms. The summed E-state index contributed by atoms with van der Waals surface area (Å²) in [7, 11) is 0. The summed E-state index contributed by atoms with van der Waals surface area (Å²) in [5.74, 6) is -0.961. The monoisotopic (exact) mass is 352 g/mol. The van der Waals surface area contributed by atoms with E-state index in [4.69, 9.17) is 14.6 Å². The summed E-state index contributed by atoms with van der Waals surface area (Å²) in [5.41, 5.74) is -0.372. The molecule has 1 aliphatic carbocycles. The molecule has 1 aliphatic rings. The number of carbonyl (C=O) groups is 2. The van der Waals surface area contributed by atoms with Crippen molar-refractivity contribution in [3.63, 3.8) is 0 Å². The second kappa shape index (κ2) is 8.94. The van der Waals surface area contributed by atoms with Gasteiger partial charge in [0.25, 0.3) is 0 Å². The van der Waals surface area contributed by atoms with Gasteiger partial charge < -0.3 is 24.8 Å². The van der Waals surface area contributed by atoms with E-state index in [1.54, 1.807) is 0 Å². The predicted molar refractivity (Wildman–Crippen MR) is 88.1 cm³/mol. The molecule has 1 aromatic rings. The van der Waals surface area contributed by atoms with Gasteiger partial charge in [-0.25, -0.2) is 9.59 Å². The first-order valence-electron chi connectivity index (χ1n) is 8.36. The van der Waals surface area contributed by atoms with Crippen LogP contribution in [0.1, 0.15) is 46.4 Å². The molecule has 0 heterocycles. The molecular weight excluding hydrogens is 328 g/mol. The van der Waals surface area contributed by atoms with Gasteiger partial charge in [-0.15, -0.1) is 0 Å². The molecule has 0 unspecified atom stereocenters. The number of hydrogen-bond acceptors (Lipinski definition) is 7. The van der Waals surface area contributed by atoms with E-state index < -0.39 is 17.5 Å². The number of ether oxygens (including phenoxy) is 2. The Kier molecular flexibility index (Phi) is 6.92. The summed E-state index contributed by atoms with van der Waals surface area (Å²) < 4.78 is 10.3. The van der Waals surface area contributed by atoms with Crippen LogP contribution in [0.15, 0.2) is 24.3 Å². The van der Waals surface area contributed by atoms with Crippen molar-refractivity contribution in [3.05, 3.63) is 35.4 Å². The Labute approximate surface area is 146 Å². The van der Waals surface area contributed by atoms with Gasteiger partial charge in [0.2, 0.25) is 0 Å². The lowest BCUT2D eigenvalue weighted by molar-refractivity contribution is -0.0759. The maximum Gasteiger partial charge on any atom is 0.338 e. The third kappa shape index (κ3) is 5.01. The minimum atomic E-state index is -0.915. The van der Waals surface area contributed by atoms with E-state index in [1.165, 1.54) is 24.3 Å². The largest absolute Gasteiger partial charge is 0.460 e. The van der Waals surface area contributed by atoms with Crippen molar-refractivity contribution < 1.29 is 34.4 Å². The number of rotatable bonds is 7. The van der Waals surface area contributed by atoms with E-state index in [2.05, 4.69) is 0 Å². The third-order valence-electron chi connectivity index (χ3n) is 4.55. The molecule has 0 amide bonds. The highest BCUT2D eigenvalue weighted by Crippen LogP contribution is 2.35. The molecule has 0 bridgehead atoms. The summed E-state index contributed by atoms with van der Waals surface area (Å²) in [6.07, 6.45) is 2.40. The molecule has 1 aromatic carbocycles. The van der Waals surface area contributed by atoms with Crippen molar-refractivity contribution in [1.82, 2.24) is 0 Å². The molecule has 0 atom stereocenters. The zero-order chi connectivity index (χ0) is 18.3. The highest BCUT2D eigenvalue weighted by atomic mass is 16.6. The first-order chi connectivity index (χ1) is 12.0. The summed E-state index contributed by atoms with van der Waals surface area (Å²) >= 11 is 0. The quantitative estimate of drug-likeness (QED) is 0.625. The van der Waals surface area contributed by atoms with Crippen LogP contribution in [0.4, 0.5) is 0 Å². The minimum Gasteiger partial charge on any atom is -0.460 e. The number of hydrogen-bond donors (Lipinski definition) is 3. The topological polar surface area (TPSA) is 113 Å². The second-order valence-electron chi connectivity index (χ2n) is 6.29. The highest BCUT2D eigenvalue weighted by molar-refractivity contribution is 5.93. The van der Waals surface area contributed by atoms with Crippen molar-refractivity contribution in [2.45, 2.75) is 31.3 Å². The molecule has 1 saturated carbocycles. The fourth-order valence-corrected chi connectivity index (χ4v) is 2.90. The van der Waals surface area contributed by atoms with Crippen LogP contribution in [0.3, 0.4) is 0 Å². The van der Waals surface area contributed by atoms with E-state index in [1.807, 2.05) is 0 Å². The molecule has 25 heavy (non-hydrogen) atoms. The van der Waals surface area contributed by atoms with Crippen LogP contribution in [0.5, 0.6) is 0 Å². The molecule has 2 rings (SSSR count). The maximum atomic E-state index is 12.3. The fourth-order valence-electron chi connectivity index (χ4n) is 2.90. The molecule has 3 N–H and O–H groups in total. The zero-order valence-electron chi connectivity index (χ0n) is 14.0. The Morgan fingerprint density at radius 2 is 1.56 bits per heavy atom. The van der Waals surface area contributed by atoms with E-state index in [9.17, 15) is 19.8 Å². The van der Waals surface area contributed by atoms with Gasteiger partial charge in [0.1, 0.15) is 12.2 Å². The van der Waals surface area contributed by atoms with E-state index in [0.717, 1.165) is 0 Å². The number of aliphatic hydroxyl groups excluding tert-OH is 3. The van der Waals surface area contributed by atoms with Crippen LogP contribution >= 0.6 is 0 Å². The van der Waals surface area contributed by atoms with Crippen LogP contribution < -0.4 is 0 Å². The molecule has 0 aromatic heterocycles. The molecule has 0 aliphatic heterocycles. The van der Waals surface area contributed by atoms with Crippen LogP contribution in [-0.4, -0.2) is 59.3 Å². The lowest BCUT2D eigenvalue weighted by atomic mass is 9.79. The summed E-state index contributed by atoms with van der Waals surface area (Å²) in [4.78, 5) is 24.0. The summed E-state index contributed by atoms with van der Waals surface area (Å²) in [6, 6.07) is 5.82. The minimum absolute atomic E-state index is 0.0868. The number of esters is 2. The SMILES string of the molecule is O=C(OCCO)c1ccc(C(=O)OC2(CO)CCC(CO)CC2)cc1. The van der Waals surface area contributed by atoms with Gasteiger partial charge in [0.15, 0.2) is 0 Å². The van der Waals surface area contributed by atoms with E-state index in [-0.39, 0.29) is 43.5 Å². The maximum absolute atomic E-state index is 12.3. The van der Waals surface area contributed by atoms with Gasteiger partial charge in [-0.3, -0.25) is 0 Å². The van der Waals surface area contributed by atoms with Gasteiger partial charge in [-0.1, -0.05) is 0 Å². The second-order valence-corrected chi connectivity index (χ2v) is 6.29. The van der Waals surface area contributed by atoms with Crippen molar-refractivity contribution >= 4 is 11.9 Å².